The summed E-state index contributed by atoms with van der Waals surface area (Å²) in [6.45, 7) is 6.98. The Morgan fingerprint density at radius 2 is 1.77 bits per heavy atom. The van der Waals surface area contributed by atoms with Crippen LogP contribution in [-0.4, -0.2) is 16.8 Å². The fourth-order valence-corrected chi connectivity index (χ4v) is 5.68. The van der Waals surface area contributed by atoms with Crippen molar-refractivity contribution in [1.29, 1.82) is 0 Å². The topological polar surface area (TPSA) is 71.1 Å². The number of carbonyl (C=O) groups excluding carboxylic acids is 2. The van der Waals surface area contributed by atoms with Gasteiger partial charge >= 0.3 is 0 Å². The maximum Gasteiger partial charge on any atom is 0.256 e. The number of thiazole rings is 1. The Balaban J connectivity index is 1.26. The molecule has 2 amide bonds. The summed E-state index contributed by atoms with van der Waals surface area (Å²) < 4.78 is 0. The molecule has 35 heavy (non-hydrogen) atoms. The Morgan fingerprint density at radius 3 is 2.54 bits per heavy atom. The minimum absolute atomic E-state index is 0.109. The first kappa shape index (κ1) is 23.3. The molecule has 176 valence electrons. The number of fused-ring (bicyclic) bond motifs is 2. The lowest BCUT2D eigenvalue weighted by Crippen LogP contribution is -2.22. The zero-order valence-electron chi connectivity index (χ0n) is 19.7. The lowest BCUT2D eigenvalue weighted by atomic mass is 9.87. The molecule has 1 aromatic heterocycles. The van der Waals surface area contributed by atoms with Crippen molar-refractivity contribution in [2.75, 3.05) is 5.32 Å². The Kier molecular flexibility index (Phi) is 6.21. The molecule has 2 N–H and O–H groups in total. The molecule has 0 unspecified atom stereocenters. The van der Waals surface area contributed by atoms with Crippen molar-refractivity contribution in [3.63, 3.8) is 0 Å². The van der Waals surface area contributed by atoms with Crippen LogP contribution in [0.5, 0.6) is 0 Å². The second-order valence-corrected chi connectivity index (χ2v) is 11.6. The van der Waals surface area contributed by atoms with Gasteiger partial charge in [0.2, 0.25) is 0 Å². The van der Waals surface area contributed by atoms with Crippen LogP contribution < -0.4 is 10.6 Å². The van der Waals surface area contributed by atoms with E-state index in [4.69, 9.17) is 0 Å². The van der Waals surface area contributed by atoms with E-state index in [9.17, 15) is 9.59 Å². The number of hydrogen-bond donors (Lipinski definition) is 2. The maximum absolute atomic E-state index is 12.9. The molecule has 0 radical (unpaired) electrons. The minimum atomic E-state index is -0.196. The molecule has 0 saturated carbocycles. The van der Waals surface area contributed by atoms with Crippen molar-refractivity contribution in [3.8, 4) is 10.6 Å². The monoisotopic (exact) mass is 499 g/mol. The first-order valence-corrected chi connectivity index (χ1v) is 13.0. The molecule has 7 heteroatoms. The first-order valence-electron chi connectivity index (χ1n) is 11.3. The van der Waals surface area contributed by atoms with Gasteiger partial charge in [-0.15, -0.1) is 11.3 Å². The predicted molar refractivity (Wildman–Crippen MR) is 142 cm³/mol. The summed E-state index contributed by atoms with van der Waals surface area (Å²) >= 11 is 3.09. The van der Waals surface area contributed by atoms with E-state index in [1.165, 1.54) is 17.3 Å². The third kappa shape index (κ3) is 5.01. The quantitative estimate of drug-likeness (QED) is 0.326. The van der Waals surface area contributed by atoms with Crippen LogP contribution in [0.25, 0.3) is 10.6 Å². The van der Waals surface area contributed by atoms with Crippen LogP contribution in [0.1, 0.15) is 51.9 Å². The van der Waals surface area contributed by atoms with E-state index in [1.54, 1.807) is 29.5 Å². The molecule has 2 heterocycles. The lowest BCUT2D eigenvalue weighted by Gasteiger charge is -2.18. The van der Waals surface area contributed by atoms with E-state index in [0.717, 1.165) is 25.2 Å². The van der Waals surface area contributed by atoms with Gasteiger partial charge in [-0.3, -0.25) is 9.59 Å². The summed E-state index contributed by atoms with van der Waals surface area (Å²) in [6.07, 6.45) is 1.81. The van der Waals surface area contributed by atoms with Gasteiger partial charge in [0.05, 0.1) is 17.8 Å². The molecule has 1 aliphatic heterocycles. The molecule has 0 saturated heterocycles. The molecule has 0 fully saturated rings. The molecule has 0 aliphatic carbocycles. The highest BCUT2D eigenvalue weighted by Crippen LogP contribution is 2.39. The number of rotatable bonds is 4. The molecular weight excluding hydrogens is 474 g/mol. The number of hydrogen-bond acceptors (Lipinski definition) is 5. The van der Waals surface area contributed by atoms with Gasteiger partial charge in [0, 0.05) is 32.0 Å². The number of nitrogens with zero attached hydrogens (tertiary/aromatic N) is 1. The van der Waals surface area contributed by atoms with E-state index < -0.39 is 0 Å². The van der Waals surface area contributed by atoms with Crippen molar-refractivity contribution in [3.05, 3.63) is 94.5 Å². The lowest BCUT2D eigenvalue weighted by molar-refractivity contribution is 0.0949. The van der Waals surface area contributed by atoms with Crippen LogP contribution in [-0.2, 0) is 12.0 Å². The fraction of sp³-hybridized carbons (Fsp3) is 0.179. The van der Waals surface area contributed by atoms with Crippen molar-refractivity contribution in [2.24, 2.45) is 0 Å². The van der Waals surface area contributed by atoms with Crippen LogP contribution in [0.3, 0.4) is 0 Å². The summed E-state index contributed by atoms with van der Waals surface area (Å²) in [6, 6.07) is 21.4. The number of anilines is 1. The van der Waals surface area contributed by atoms with Crippen molar-refractivity contribution >= 4 is 40.6 Å². The second kappa shape index (κ2) is 9.32. The van der Waals surface area contributed by atoms with Crippen molar-refractivity contribution < 1.29 is 9.59 Å². The molecular formula is C28H25N3O2S2. The van der Waals surface area contributed by atoms with E-state index in [0.29, 0.717) is 23.4 Å². The molecule has 0 bridgehead atoms. The van der Waals surface area contributed by atoms with Gasteiger partial charge < -0.3 is 10.6 Å². The Morgan fingerprint density at radius 1 is 1.00 bits per heavy atom. The van der Waals surface area contributed by atoms with Gasteiger partial charge in [-0.05, 0) is 41.3 Å². The molecule has 1 aliphatic rings. The third-order valence-electron chi connectivity index (χ3n) is 5.82. The maximum atomic E-state index is 12.9. The van der Waals surface area contributed by atoms with E-state index >= 15 is 0 Å². The smallest absolute Gasteiger partial charge is 0.256 e. The van der Waals surface area contributed by atoms with Crippen LogP contribution in [0.15, 0.2) is 82.7 Å². The Bertz CT molecular complexity index is 1420. The van der Waals surface area contributed by atoms with E-state index in [-0.39, 0.29) is 17.2 Å². The van der Waals surface area contributed by atoms with E-state index in [2.05, 4.69) is 60.7 Å². The summed E-state index contributed by atoms with van der Waals surface area (Å²) in [5.74, 6) is -0.365. The number of nitrogens with one attached hydrogen (secondary N) is 2. The highest BCUT2D eigenvalue weighted by Gasteiger charge is 2.21. The van der Waals surface area contributed by atoms with Crippen LogP contribution in [0, 0.1) is 0 Å². The Hall–Kier alpha value is -3.42. The van der Waals surface area contributed by atoms with Crippen LogP contribution in [0.2, 0.25) is 0 Å². The molecule has 4 aromatic rings. The minimum Gasteiger partial charge on any atom is -0.347 e. The molecule has 0 spiro atoms. The number of benzene rings is 3. The van der Waals surface area contributed by atoms with Gasteiger partial charge in [-0.2, -0.15) is 0 Å². The number of aromatic nitrogens is 1. The normalized spacial score (nSPS) is 12.8. The summed E-state index contributed by atoms with van der Waals surface area (Å²) in [5, 5.41) is 6.84. The first-order chi connectivity index (χ1) is 16.8. The van der Waals surface area contributed by atoms with Crippen LogP contribution >= 0.6 is 23.1 Å². The third-order valence-corrected chi connectivity index (χ3v) is 8.01. The van der Waals surface area contributed by atoms with Crippen LogP contribution in [0.4, 0.5) is 5.69 Å². The second-order valence-electron chi connectivity index (χ2n) is 9.41. The molecule has 0 atom stereocenters. The molecule has 3 aromatic carbocycles. The van der Waals surface area contributed by atoms with Gasteiger partial charge in [0.15, 0.2) is 0 Å². The summed E-state index contributed by atoms with van der Waals surface area (Å²) in [4.78, 5) is 32.8. The standard InChI is InChI=1S/C28H25N3O2S2/c1-28(2,3)19-11-8-17(9-12-19)27-30-16-20(34-27)15-29-25(32)18-10-13-24-22(14-18)31-26(33)21-6-4-5-7-23(21)35-24/h4-14,16H,15H2,1-3H3,(H,29,32)(H,31,33). The van der Waals surface area contributed by atoms with Gasteiger partial charge in [0.25, 0.3) is 11.8 Å². The number of amides is 2. The molecule has 5 nitrogen and oxygen atoms in total. The van der Waals surface area contributed by atoms with Gasteiger partial charge in [-0.1, -0.05) is 68.9 Å². The average Bonchev–Trinajstić information content (AvgIpc) is 3.27. The highest BCUT2D eigenvalue weighted by molar-refractivity contribution is 7.99. The van der Waals surface area contributed by atoms with Gasteiger partial charge in [-0.25, -0.2) is 4.98 Å². The number of carbonyl (C=O) groups is 2. The summed E-state index contributed by atoms with van der Waals surface area (Å²) in [7, 11) is 0. The average molecular weight is 500 g/mol. The van der Waals surface area contributed by atoms with Gasteiger partial charge in [0.1, 0.15) is 5.01 Å². The SMILES string of the molecule is CC(C)(C)c1ccc(-c2ncc(CNC(=O)c3ccc4c(c3)NC(=O)c3ccccc3S4)s2)cc1. The largest absolute Gasteiger partial charge is 0.347 e. The predicted octanol–water partition coefficient (Wildman–Crippen LogP) is 6.75. The van der Waals surface area contributed by atoms with E-state index in [1.807, 2.05) is 30.5 Å². The van der Waals surface area contributed by atoms with Crippen molar-refractivity contribution in [2.45, 2.75) is 42.5 Å². The zero-order chi connectivity index (χ0) is 24.6. The zero-order valence-corrected chi connectivity index (χ0v) is 21.3. The summed E-state index contributed by atoms with van der Waals surface area (Å²) in [5.41, 5.74) is 4.23. The highest BCUT2D eigenvalue weighted by atomic mass is 32.2. The Labute approximate surface area is 213 Å². The fourth-order valence-electron chi connectivity index (χ4n) is 3.81. The molecule has 5 rings (SSSR count). The van der Waals surface area contributed by atoms with Crippen molar-refractivity contribution in [1.82, 2.24) is 10.3 Å².